The Morgan fingerprint density at radius 1 is 1.02 bits per heavy atom. The first-order chi connectivity index (χ1) is 21.4. The second-order valence-corrected chi connectivity index (χ2v) is 18.3. The molecule has 0 unspecified atom stereocenters. The minimum atomic E-state index is -4.51. The van der Waals surface area contributed by atoms with Gasteiger partial charge in [0.25, 0.3) is 0 Å². The molecule has 0 N–H and O–H groups in total. The van der Waals surface area contributed by atoms with Crippen molar-refractivity contribution in [1.29, 1.82) is 0 Å². The van der Waals surface area contributed by atoms with E-state index in [9.17, 15) is 13.2 Å². The van der Waals surface area contributed by atoms with Crippen molar-refractivity contribution < 1.29 is 22.6 Å². The minimum absolute atomic E-state index is 0.245. The molecule has 0 spiro atoms. The van der Waals surface area contributed by atoms with Gasteiger partial charge in [-0.2, -0.15) is 18.3 Å². The molecule has 4 aromatic heterocycles. The molecule has 0 bridgehead atoms. The summed E-state index contributed by atoms with van der Waals surface area (Å²) in [5, 5.41) is 4.80. The van der Waals surface area contributed by atoms with Crippen molar-refractivity contribution in [3.8, 4) is 28.7 Å². The third kappa shape index (κ3) is 6.78. The molecule has 0 aliphatic heterocycles. The Bertz CT molecular complexity index is 1820. The molecular formula is C32H36F3N7O2Si. The van der Waals surface area contributed by atoms with Crippen molar-refractivity contribution in [3.05, 3.63) is 71.4 Å². The first-order valence-corrected chi connectivity index (χ1v) is 18.7. The van der Waals surface area contributed by atoms with Crippen LogP contribution in [0.4, 0.5) is 13.2 Å². The van der Waals surface area contributed by atoms with Crippen molar-refractivity contribution in [2.45, 2.75) is 63.8 Å². The predicted octanol–water partition coefficient (Wildman–Crippen LogP) is 7.10. The molecule has 0 radical (unpaired) electrons. The molecule has 4 heterocycles. The first kappa shape index (κ1) is 30.9. The number of nitrogens with zero attached hydrogens (tertiary/aromatic N) is 7. The van der Waals surface area contributed by atoms with Crippen LogP contribution in [0.15, 0.2) is 48.9 Å². The van der Waals surface area contributed by atoms with Gasteiger partial charge in [0, 0.05) is 46.1 Å². The van der Waals surface area contributed by atoms with E-state index >= 15 is 0 Å². The number of halogens is 3. The van der Waals surface area contributed by atoms with E-state index in [1.54, 1.807) is 38.7 Å². The van der Waals surface area contributed by atoms with Gasteiger partial charge in [-0.3, -0.25) is 0 Å². The van der Waals surface area contributed by atoms with Crippen molar-refractivity contribution >= 4 is 19.1 Å². The molecule has 1 saturated carbocycles. The lowest BCUT2D eigenvalue weighted by Gasteiger charge is -2.16. The van der Waals surface area contributed by atoms with Gasteiger partial charge in [-0.1, -0.05) is 43.9 Å². The minimum Gasteiger partial charge on any atom is -0.480 e. The molecule has 13 heteroatoms. The summed E-state index contributed by atoms with van der Waals surface area (Å²) in [4.78, 5) is 18.0. The second kappa shape index (κ2) is 12.0. The first-order valence-electron chi connectivity index (χ1n) is 14.9. The van der Waals surface area contributed by atoms with E-state index in [-0.39, 0.29) is 12.6 Å². The average Bonchev–Trinajstić information content (AvgIpc) is 3.68. The van der Waals surface area contributed by atoms with Crippen LogP contribution >= 0.6 is 0 Å². The fourth-order valence-corrected chi connectivity index (χ4v) is 6.07. The third-order valence-electron chi connectivity index (χ3n) is 7.93. The van der Waals surface area contributed by atoms with Crippen molar-refractivity contribution in [2.75, 3.05) is 13.7 Å². The van der Waals surface area contributed by atoms with Crippen LogP contribution in [0.5, 0.6) is 5.88 Å². The Labute approximate surface area is 260 Å². The van der Waals surface area contributed by atoms with E-state index in [0.717, 1.165) is 47.5 Å². The number of fused-ring (bicyclic) bond motifs is 1. The monoisotopic (exact) mass is 635 g/mol. The van der Waals surface area contributed by atoms with E-state index in [4.69, 9.17) is 19.6 Å². The number of alkyl halides is 3. The van der Waals surface area contributed by atoms with E-state index < -0.39 is 19.9 Å². The molecule has 5 aromatic rings. The van der Waals surface area contributed by atoms with Crippen LogP contribution in [-0.2, 0) is 31.1 Å². The number of imidazole rings is 1. The number of ether oxygens (including phenoxy) is 2. The van der Waals surface area contributed by atoms with Crippen LogP contribution in [0, 0.1) is 0 Å². The highest BCUT2D eigenvalue weighted by Gasteiger charge is 2.34. The summed E-state index contributed by atoms with van der Waals surface area (Å²) >= 11 is 0. The van der Waals surface area contributed by atoms with Crippen LogP contribution in [0.1, 0.15) is 41.3 Å². The molecule has 236 valence electrons. The molecule has 0 amide bonds. The maximum atomic E-state index is 13.2. The number of pyridine rings is 1. The van der Waals surface area contributed by atoms with Crippen molar-refractivity contribution in [2.24, 2.45) is 7.05 Å². The van der Waals surface area contributed by atoms with Crippen LogP contribution in [0.3, 0.4) is 0 Å². The van der Waals surface area contributed by atoms with Gasteiger partial charge in [-0.15, -0.1) is 0 Å². The lowest BCUT2D eigenvalue weighted by atomic mass is 10.0. The number of hydrogen-bond acceptors (Lipinski definition) is 7. The number of benzene rings is 1. The second-order valence-electron chi connectivity index (χ2n) is 12.7. The summed E-state index contributed by atoms with van der Waals surface area (Å²) in [6, 6.07) is 10.4. The number of rotatable bonds is 11. The fourth-order valence-electron chi connectivity index (χ4n) is 5.31. The van der Waals surface area contributed by atoms with E-state index in [1.807, 2.05) is 22.9 Å². The maximum Gasteiger partial charge on any atom is 0.434 e. The van der Waals surface area contributed by atoms with Crippen molar-refractivity contribution in [3.63, 3.8) is 0 Å². The zero-order valence-electron chi connectivity index (χ0n) is 26.0. The Morgan fingerprint density at radius 3 is 2.42 bits per heavy atom. The smallest absolute Gasteiger partial charge is 0.434 e. The summed E-state index contributed by atoms with van der Waals surface area (Å²) < 4.78 is 54.7. The summed E-state index contributed by atoms with van der Waals surface area (Å²) in [5.74, 6) is 1.69. The molecule has 0 atom stereocenters. The highest BCUT2D eigenvalue weighted by Crippen LogP contribution is 2.46. The lowest BCUT2D eigenvalue weighted by molar-refractivity contribution is -0.140. The summed E-state index contributed by atoms with van der Waals surface area (Å²) in [6.45, 7) is 7.83. The predicted molar refractivity (Wildman–Crippen MR) is 168 cm³/mol. The number of aromatic nitrogens is 7. The van der Waals surface area contributed by atoms with Gasteiger partial charge in [0.05, 0.1) is 24.6 Å². The zero-order chi connectivity index (χ0) is 31.9. The van der Waals surface area contributed by atoms with Crippen LogP contribution < -0.4 is 4.74 Å². The quantitative estimate of drug-likeness (QED) is 0.113. The summed E-state index contributed by atoms with van der Waals surface area (Å²) in [7, 11) is 1.88. The lowest BCUT2D eigenvalue weighted by Crippen LogP contribution is -2.22. The van der Waals surface area contributed by atoms with Gasteiger partial charge in [0.2, 0.25) is 5.88 Å². The number of hydrogen-bond donors (Lipinski definition) is 0. The molecule has 0 saturated heterocycles. The van der Waals surface area contributed by atoms with Gasteiger partial charge in [0.1, 0.15) is 23.6 Å². The van der Waals surface area contributed by atoms with Gasteiger partial charge in [-0.25, -0.2) is 24.6 Å². The highest BCUT2D eigenvalue weighted by molar-refractivity contribution is 6.76. The van der Waals surface area contributed by atoms with E-state index in [2.05, 4.69) is 34.6 Å². The number of methoxy groups -OCH3 is 1. The Balaban J connectivity index is 1.36. The Morgan fingerprint density at radius 2 is 1.78 bits per heavy atom. The van der Waals surface area contributed by atoms with E-state index in [1.165, 1.54) is 4.57 Å². The van der Waals surface area contributed by atoms with Crippen LogP contribution in [0.25, 0.3) is 33.8 Å². The molecule has 9 nitrogen and oxygen atoms in total. The normalized spacial score (nSPS) is 14.0. The molecule has 6 rings (SSSR count). The third-order valence-corrected chi connectivity index (χ3v) is 9.63. The summed E-state index contributed by atoms with van der Waals surface area (Å²) in [5.41, 5.74) is 4.72. The number of aryl methyl sites for hydroxylation is 1. The van der Waals surface area contributed by atoms with E-state index in [0.29, 0.717) is 47.2 Å². The highest BCUT2D eigenvalue weighted by atomic mass is 28.3. The molecule has 1 fully saturated rings. The van der Waals surface area contributed by atoms with Gasteiger partial charge in [-0.05, 0) is 42.0 Å². The van der Waals surface area contributed by atoms with Gasteiger partial charge >= 0.3 is 6.18 Å². The topological polar surface area (TPSA) is 92.8 Å². The van der Waals surface area contributed by atoms with Crippen molar-refractivity contribution in [1.82, 2.24) is 34.3 Å². The standard InChI is InChI=1S/C32H36F3N7O2Si/c1-41-18-26(32(33,34)35)38-30(41)22-8-6-20(7-9-22)16-25-28-24(40-42(25)19-44-14-15-45(3,4)5)17-37-29(39-28)27-23(21-10-11-21)12-13-36-31(27)43-2/h6-9,12-13,17-18,21H,10-11,14-16,19H2,1-5H3. The largest absolute Gasteiger partial charge is 0.480 e. The molecule has 45 heavy (non-hydrogen) atoms. The Hall–Kier alpha value is -4.10. The molecule has 1 aliphatic rings. The fraction of sp³-hybridized carbons (Fsp3) is 0.406. The zero-order valence-corrected chi connectivity index (χ0v) is 27.0. The summed E-state index contributed by atoms with van der Waals surface area (Å²) in [6.07, 6.45) is 2.66. The maximum absolute atomic E-state index is 13.2. The Kier molecular flexibility index (Phi) is 8.25. The van der Waals surface area contributed by atoms with Crippen LogP contribution in [-0.4, -0.2) is 56.1 Å². The molecule has 1 aromatic carbocycles. The van der Waals surface area contributed by atoms with Crippen LogP contribution in [0.2, 0.25) is 25.7 Å². The molecule has 1 aliphatic carbocycles. The SMILES string of the molecule is COc1nccc(C2CC2)c1-c1ncc2nn(COCC[Si](C)(C)C)c(Cc3ccc(-c4nc(C(F)(F)F)cn4C)cc3)c2n1. The van der Waals surface area contributed by atoms with Gasteiger partial charge in [0.15, 0.2) is 11.5 Å². The molecular weight excluding hydrogens is 599 g/mol. The average molecular weight is 636 g/mol. The van der Waals surface area contributed by atoms with Gasteiger partial charge < -0.3 is 14.0 Å².